The summed E-state index contributed by atoms with van der Waals surface area (Å²) in [6.45, 7) is 11.7. The lowest BCUT2D eigenvalue weighted by atomic mass is 9.78. The molecule has 0 aliphatic rings. The molecule has 0 bridgehead atoms. The van der Waals surface area contributed by atoms with Crippen LogP contribution in [0.4, 0.5) is 0 Å². The minimum absolute atomic E-state index is 0.0224. The molecule has 0 fully saturated rings. The van der Waals surface area contributed by atoms with Gasteiger partial charge in [0.25, 0.3) is 0 Å². The summed E-state index contributed by atoms with van der Waals surface area (Å²) < 4.78 is 1.99. The third kappa shape index (κ3) is 2.26. The first-order valence-corrected chi connectivity index (χ1v) is 6.07. The van der Waals surface area contributed by atoms with Crippen LogP contribution in [0.2, 0.25) is 0 Å². The number of hydrogen-bond donors (Lipinski definition) is 1. The molecule has 2 unspecified atom stereocenters. The van der Waals surface area contributed by atoms with Crippen molar-refractivity contribution in [1.82, 2.24) is 15.0 Å². The van der Waals surface area contributed by atoms with Crippen molar-refractivity contribution in [3.05, 3.63) is 11.9 Å². The van der Waals surface area contributed by atoms with Crippen molar-refractivity contribution >= 4 is 0 Å². The molecule has 1 aromatic heterocycles. The molecule has 0 aromatic carbocycles. The van der Waals surface area contributed by atoms with Crippen molar-refractivity contribution in [1.29, 1.82) is 0 Å². The minimum atomic E-state index is 0.0224. The lowest BCUT2D eigenvalue weighted by Gasteiger charge is -2.37. The Kier molecular flexibility index (Phi) is 4.08. The Labute approximate surface area is 98.2 Å². The molecule has 0 aliphatic carbocycles. The van der Waals surface area contributed by atoms with Crippen LogP contribution >= 0.6 is 0 Å². The van der Waals surface area contributed by atoms with Crippen molar-refractivity contribution in [3.8, 4) is 0 Å². The van der Waals surface area contributed by atoms with E-state index in [9.17, 15) is 0 Å². The Balaban J connectivity index is 3.03. The fraction of sp³-hybridized carbons (Fsp3) is 0.833. The van der Waals surface area contributed by atoms with Gasteiger partial charge in [-0.1, -0.05) is 32.9 Å². The lowest BCUT2D eigenvalue weighted by molar-refractivity contribution is 0.132. The molecule has 2 N–H and O–H groups in total. The average Bonchev–Trinajstić information content (AvgIpc) is 2.75. The Hall–Kier alpha value is -0.900. The maximum Gasteiger partial charge on any atom is 0.0962 e. The highest BCUT2D eigenvalue weighted by molar-refractivity contribution is 4.96. The first kappa shape index (κ1) is 13.2. The lowest BCUT2D eigenvalue weighted by Crippen LogP contribution is -2.39. The summed E-state index contributed by atoms with van der Waals surface area (Å²) in [5, 5.41) is 8.30. The van der Waals surface area contributed by atoms with Gasteiger partial charge in [-0.05, 0) is 25.2 Å². The van der Waals surface area contributed by atoms with Crippen LogP contribution in [0.25, 0.3) is 0 Å². The van der Waals surface area contributed by atoms with Crippen LogP contribution in [0.3, 0.4) is 0 Å². The van der Waals surface area contributed by atoms with Crippen molar-refractivity contribution in [2.45, 2.75) is 53.1 Å². The van der Waals surface area contributed by atoms with Crippen LogP contribution in [-0.4, -0.2) is 15.0 Å². The van der Waals surface area contributed by atoms with Gasteiger partial charge in [0.15, 0.2) is 0 Å². The van der Waals surface area contributed by atoms with Crippen LogP contribution in [0.5, 0.6) is 0 Å². The van der Waals surface area contributed by atoms with Gasteiger partial charge in [-0.2, -0.15) is 0 Å². The molecule has 1 aromatic rings. The standard InChI is InChI=1S/C12H24N4/c1-6-12(5,10(4)9(2)3)16-8-11(7-13)14-15-16/h8-10H,6-7,13H2,1-5H3. The number of nitrogens with two attached hydrogens (primary N) is 1. The summed E-state index contributed by atoms with van der Waals surface area (Å²) in [5.41, 5.74) is 6.45. The van der Waals surface area contributed by atoms with E-state index in [4.69, 9.17) is 5.73 Å². The second-order valence-electron chi connectivity index (χ2n) is 5.10. The monoisotopic (exact) mass is 224 g/mol. The Morgan fingerprint density at radius 1 is 1.44 bits per heavy atom. The molecule has 1 rings (SSSR count). The van der Waals surface area contributed by atoms with Gasteiger partial charge in [-0.25, -0.2) is 4.68 Å². The molecule has 2 atom stereocenters. The molecule has 0 aliphatic heterocycles. The van der Waals surface area contributed by atoms with Crippen LogP contribution in [0, 0.1) is 11.8 Å². The molecular formula is C12H24N4. The maximum absolute atomic E-state index is 5.57. The third-order valence-corrected chi connectivity index (χ3v) is 3.97. The molecule has 0 radical (unpaired) electrons. The second kappa shape index (κ2) is 4.95. The topological polar surface area (TPSA) is 56.7 Å². The fourth-order valence-electron chi connectivity index (χ4n) is 2.05. The van der Waals surface area contributed by atoms with Crippen molar-refractivity contribution in [3.63, 3.8) is 0 Å². The highest BCUT2D eigenvalue weighted by Gasteiger charge is 2.34. The van der Waals surface area contributed by atoms with Gasteiger partial charge in [-0.3, -0.25) is 0 Å². The maximum atomic E-state index is 5.57. The molecule has 4 heteroatoms. The minimum Gasteiger partial charge on any atom is -0.325 e. The number of nitrogens with zero attached hydrogens (tertiary/aromatic N) is 3. The normalized spacial score (nSPS) is 17.4. The first-order valence-electron chi connectivity index (χ1n) is 6.07. The third-order valence-electron chi connectivity index (χ3n) is 3.97. The molecule has 92 valence electrons. The van der Waals surface area contributed by atoms with Gasteiger partial charge in [0.05, 0.1) is 17.4 Å². The molecular weight excluding hydrogens is 200 g/mol. The molecule has 0 spiro atoms. The van der Waals surface area contributed by atoms with E-state index in [1.807, 2.05) is 10.9 Å². The van der Waals surface area contributed by atoms with E-state index in [1.54, 1.807) is 0 Å². The largest absolute Gasteiger partial charge is 0.325 e. The molecule has 0 saturated heterocycles. The molecule has 0 amide bonds. The zero-order valence-corrected chi connectivity index (χ0v) is 11.1. The smallest absolute Gasteiger partial charge is 0.0962 e. The van der Waals surface area contributed by atoms with Gasteiger partial charge >= 0.3 is 0 Å². The molecule has 4 nitrogen and oxygen atoms in total. The fourth-order valence-corrected chi connectivity index (χ4v) is 2.05. The zero-order valence-electron chi connectivity index (χ0n) is 11.1. The van der Waals surface area contributed by atoms with E-state index in [0.29, 0.717) is 18.4 Å². The van der Waals surface area contributed by atoms with Gasteiger partial charge in [0, 0.05) is 6.54 Å². The van der Waals surface area contributed by atoms with Crippen LogP contribution in [0.15, 0.2) is 6.20 Å². The number of aromatic nitrogens is 3. The SMILES string of the molecule is CCC(C)(C(C)C(C)C)n1cc(CN)nn1. The van der Waals surface area contributed by atoms with Gasteiger partial charge in [0.1, 0.15) is 0 Å². The molecule has 1 heterocycles. The highest BCUT2D eigenvalue weighted by atomic mass is 15.4. The van der Waals surface area contributed by atoms with Gasteiger partial charge < -0.3 is 5.73 Å². The van der Waals surface area contributed by atoms with Crippen LogP contribution in [-0.2, 0) is 12.1 Å². The van der Waals surface area contributed by atoms with E-state index in [1.165, 1.54) is 0 Å². The Morgan fingerprint density at radius 3 is 2.44 bits per heavy atom. The summed E-state index contributed by atoms with van der Waals surface area (Å²) in [6, 6.07) is 0. The zero-order chi connectivity index (χ0) is 12.3. The highest BCUT2D eigenvalue weighted by Crippen LogP contribution is 2.33. The van der Waals surface area contributed by atoms with E-state index < -0.39 is 0 Å². The van der Waals surface area contributed by atoms with Gasteiger partial charge in [0.2, 0.25) is 0 Å². The van der Waals surface area contributed by atoms with E-state index in [0.717, 1.165) is 12.1 Å². The number of rotatable bonds is 5. The molecule has 16 heavy (non-hydrogen) atoms. The van der Waals surface area contributed by atoms with Crippen molar-refractivity contribution in [2.24, 2.45) is 17.6 Å². The number of hydrogen-bond acceptors (Lipinski definition) is 3. The summed E-state index contributed by atoms with van der Waals surface area (Å²) in [7, 11) is 0. The van der Waals surface area contributed by atoms with Crippen molar-refractivity contribution < 1.29 is 0 Å². The summed E-state index contributed by atoms with van der Waals surface area (Å²) >= 11 is 0. The predicted molar refractivity (Wildman–Crippen MR) is 65.9 cm³/mol. The summed E-state index contributed by atoms with van der Waals surface area (Å²) in [4.78, 5) is 0. The van der Waals surface area contributed by atoms with E-state index >= 15 is 0 Å². The van der Waals surface area contributed by atoms with E-state index in [-0.39, 0.29) is 5.54 Å². The van der Waals surface area contributed by atoms with Crippen LogP contribution in [0.1, 0.15) is 46.7 Å². The van der Waals surface area contributed by atoms with E-state index in [2.05, 4.69) is 44.9 Å². The summed E-state index contributed by atoms with van der Waals surface area (Å²) in [6.07, 6.45) is 3.02. The average molecular weight is 224 g/mol. The Bertz CT molecular complexity index is 332. The predicted octanol–water partition coefficient (Wildman–Crippen LogP) is 2.15. The van der Waals surface area contributed by atoms with Crippen molar-refractivity contribution in [2.75, 3.05) is 0 Å². The quantitative estimate of drug-likeness (QED) is 0.833. The second-order valence-corrected chi connectivity index (χ2v) is 5.10. The Morgan fingerprint density at radius 2 is 2.06 bits per heavy atom. The van der Waals surface area contributed by atoms with Crippen LogP contribution < -0.4 is 5.73 Å². The summed E-state index contributed by atoms with van der Waals surface area (Å²) in [5.74, 6) is 1.17. The van der Waals surface area contributed by atoms with Gasteiger partial charge in [-0.15, -0.1) is 5.10 Å². The molecule has 0 saturated carbocycles. The first-order chi connectivity index (χ1) is 7.45.